The summed E-state index contributed by atoms with van der Waals surface area (Å²) < 4.78 is 4.90. The minimum absolute atomic E-state index is 0.334. The number of aromatic nitrogens is 4. The first-order valence-corrected chi connectivity index (χ1v) is 5.88. The van der Waals surface area contributed by atoms with Gasteiger partial charge >= 0.3 is 5.97 Å². The van der Waals surface area contributed by atoms with Gasteiger partial charge in [-0.05, 0) is 6.92 Å². The number of nitrogens with zero attached hydrogens (tertiary/aromatic N) is 3. The number of ether oxygens (including phenoxy) is 1. The van der Waals surface area contributed by atoms with Crippen LogP contribution in [0.2, 0.25) is 0 Å². The van der Waals surface area contributed by atoms with Crippen molar-refractivity contribution in [2.45, 2.75) is 13.5 Å². The Balaban J connectivity index is 2.01. The molecule has 0 atom stereocenters. The molecule has 0 aliphatic rings. The Hall–Kier alpha value is -1.96. The monoisotopic (exact) mass is 253 g/mol. The van der Waals surface area contributed by atoms with Crippen LogP contribution in [0.15, 0.2) is 11.7 Å². The van der Waals surface area contributed by atoms with Crippen molar-refractivity contribution < 1.29 is 9.53 Å². The molecule has 17 heavy (non-hydrogen) atoms. The standard InChI is InChI=1S/C9H11N5O2S/c1-2-16-8(15)7-6(4-11-13-7)3-10-9-14-12-5-17-9/h4-5H,2-3H2,1H3,(H,10,14)(H,11,13). The number of esters is 1. The fourth-order valence-corrected chi connectivity index (χ4v) is 1.69. The Labute approximate surface area is 101 Å². The SMILES string of the molecule is CCOC(=O)c1[nH]ncc1CNc1nncs1. The fraction of sp³-hybridized carbons (Fsp3) is 0.333. The van der Waals surface area contributed by atoms with Crippen LogP contribution >= 0.6 is 11.3 Å². The van der Waals surface area contributed by atoms with Crippen LogP contribution in [-0.2, 0) is 11.3 Å². The van der Waals surface area contributed by atoms with E-state index in [0.29, 0.717) is 24.0 Å². The Bertz CT molecular complexity index is 481. The summed E-state index contributed by atoms with van der Waals surface area (Å²) >= 11 is 1.39. The Kier molecular flexibility index (Phi) is 3.66. The molecule has 2 N–H and O–H groups in total. The van der Waals surface area contributed by atoms with Gasteiger partial charge in [-0.2, -0.15) is 5.10 Å². The molecule has 0 bridgehead atoms. The number of carbonyl (C=O) groups excluding carboxylic acids is 1. The molecule has 2 aromatic rings. The highest BCUT2D eigenvalue weighted by Crippen LogP contribution is 2.12. The number of hydrogen-bond acceptors (Lipinski definition) is 7. The number of rotatable bonds is 5. The smallest absolute Gasteiger partial charge is 0.356 e. The third-order valence-electron chi connectivity index (χ3n) is 1.99. The molecule has 0 amide bonds. The summed E-state index contributed by atoms with van der Waals surface area (Å²) in [4.78, 5) is 11.5. The van der Waals surface area contributed by atoms with Crippen LogP contribution in [0.3, 0.4) is 0 Å². The third kappa shape index (κ3) is 2.78. The lowest BCUT2D eigenvalue weighted by Crippen LogP contribution is -2.10. The van der Waals surface area contributed by atoms with E-state index in [9.17, 15) is 4.79 Å². The van der Waals surface area contributed by atoms with Gasteiger partial charge < -0.3 is 10.1 Å². The van der Waals surface area contributed by atoms with Gasteiger partial charge in [0.05, 0.1) is 12.8 Å². The molecular weight excluding hydrogens is 242 g/mol. The summed E-state index contributed by atoms with van der Waals surface area (Å²) in [6.45, 7) is 2.54. The molecule has 2 aromatic heterocycles. The van der Waals surface area contributed by atoms with Gasteiger partial charge in [0.25, 0.3) is 0 Å². The van der Waals surface area contributed by atoms with E-state index in [4.69, 9.17) is 4.74 Å². The summed E-state index contributed by atoms with van der Waals surface area (Å²) in [6, 6.07) is 0. The van der Waals surface area contributed by atoms with Gasteiger partial charge in [-0.25, -0.2) is 4.79 Å². The molecule has 90 valence electrons. The van der Waals surface area contributed by atoms with E-state index in [2.05, 4.69) is 25.7 Å². The van der Waals surface area contributed by atoms with Gasteiger partial charge in [0.1, 0.15) is 11.2 Å². The number of nitrogens with one attached hydrogen (secondary N) is 2. The van der Waals surface area contributed by atoms with E-state index in [0.717, 1.165) is 5.56 Å². The number of anilines is 1. The Morgan fingerprint density at radius 3 is 3.24 bits per heavy atom. The minimum atomic E-state index is -0.404. The van der Waals surface area contributed by atoms with Gasteiger partial charge in [0, 0.05) is 12.1 Å². The van der Waals surface area contributed by atoms with Crippen molar-refractivity contribution in [1.29, 1.82) is 0 Å². The summed E-state index contributed by atoms with van der Waals surface area (Å²) in [6.07, 6.45) is 1.58. The molecule has 0 saturated heterocycles. The van der Waals surface area contributed by atoms with E-state index in [1.807, 2.05) is 0 Å². The molecule has 2 rings (SSSR count). The molecule has 7 nitrogen and oxygen atoms in total. The first-order chi connectivity index (χ1) is 8.31. The zero-order chi connectivity index (χ0) is 12.1. The topological polar surface area (TPSA) is 92.8 Å². The second-order valence-electron chi connectivity index (χ2n) is 3.09. The molecule has 0 spiro atoms. The zero-order valence-electron chi connectivity index (χ0n) is 9.14. The quantitative estimate of drug-likeness (QED) is 0.774. The van der Waals surface area contributed by atoms with Gasteiger partial charge in [0.2, 0.25) is 5.13 Å². The zero-order valence-corrected chi connectivity index (χ0v) is 9.95. The van der Waals surface area contributed by atoms with Crippen molar-refractivity contribution in [1.82, 2.24) is 20.4 Å². The molecule has 0 fully saturated rings. The van der Waals surface area contributed by atoms with Crippen LogP contribution in [0.25, 0.3) is 0 Å². The van der Waals surface area contributed by atoms with Crippen molar-refractivity contribution in [2.75, 3.05) is 11.9 Å². The lowest BCUT2D eigenvalue weighted by Gasteiger charge is -2.03. The van der Waals surface area contributed by atoms with Crippen molar-refractivity contribution >= 4 is 22.4 Å². The highest BCUT2D eigenvalue weighted by molar-refractivity contribution is 7.13. The normalized spacial score (nSPS) is 10.2. The predicted octanol–water partition coefficient (Wildman–Crippen LogP) is 1.05. The first kappa shape index (κ1) is 11.5. The number of carbonyl (C=O) groups is 1. The highest BCUT2D eigenvalue weighted by Gasteiger charge is 2.14. The number of H-pyrrole nitrogens is 1. The second kappa shape index (κ2) is 5.39. The largest absolute Gasteiger partial charge is 0.461 e. The summed E-state index contributed by atoms with van der Waals surface area (Å²) in [5.41, 5.74) is 2.73. The molecule has 0 aliphatic heterocycles. The third-order valence-corrected chi connectivity index (χ3v) is 2.64. The molecular formula is C9H11N5O2S. The maximum atomic E-state index is 11.5. The van der Waals surface area contributed by atoms with E-state index in [1.165, 1.54) is 11.3 Å². The average Bonchev–Trinajstić information content (AvgIpc) is 2.98. The fourth-order valence-electron chi connectivity index (χ4n) is 1.25. The summed E-state index contributed by atoms with van der Waals surface area (Å²) in [5.74, 6) is -0.404. The van der Waals surface area contributed by atoms with Crippen molar-refractivity contribution in [3.05, 3.63) is 23.0 Å². The van der Waals surface area contributed by atoms with E-state index >= 15 is 0 Å². The molecule has 2 heterocycles. The summed E-state index contributed by atoms with van der Waals surface area (Å²) in [5, 5.41) is 17.7. The average molecular weight is 253 g/mol. The number of hydrogen-bond donors (Lipinski definition) is 2. The Morgan fingerprint density at radius 1 is 1.65 bits per heavy atom. The lowest BCUT2D eigenvalue weighted by atomic mass is 10.2. The van der Waals surface area contributed by atoms with Gasteiger partial charge in [0.15, 0.2) is 0 Å². The van der Waals surface area contributed by atoms with E-state index < -0.39 is 5.97 Å². The first-order valence-electron chi connectivity index (χ1n) is 5.00. The molecule has 0 unspecified atom stereocenters. The van der Waals surface area contributed by atoms with Gasteiger partial charge in [-0.15, -0.1) is 10.2 Å². The Morgan fingerprint density at radius 2 is 2.53 bits per heavy atom. The van der Waals surface area contributed by atoms with Crippen molar-refractivity contribution in [3.63, 3.8) is 0 Å². The highest BCUT2D eigenvalue weighted by atomic mass is 32.1. The van der Waals surface area contributed by atoms with Crippen LogP contribution in [-0.4, -0.2) is 33.0 Å². The van der Waals surface area contributed by atoms with Gasteiger partial charge in [-0.1, -0.05) is 11.3 Å². The van der Waals surface area contributed by atoms with Crippen molar-refractivity contribution in [3.8, 4) is 0 Å². The number of aromatic amines is 1. The van der Waals surface area contributed by atoms with Crippen LogP contribution < -0.4 is 5.32 Å². The molecule has 0 saturated carbocycles. The second-order valence-corrected chi connectivity index (χ2v) is 3.92. The molecule has 0 aromatic carbocycles. The van der Waals surface area contributed by atoms with E-state index in [-0.39, 0.29) is 0 Å². The van der Waals surface area contributed by atoms with Crippen LogP contribution in [0.1, 0.15) is 23.0 Å². The van der Waals surface area contributed by atoms with Crippen molar-refractivity contribution in [2.24, 2.45) is 0 Å². The van der Waals surface area contributed by atoms with Crippen LogP contribution in [0.5, 0.6) is 0 Å². The molecule has 0 aliphatic carbocycles. The predicted molar refractivity (Wildman–Crippen MR) is 61.8 cm³/mol. The van der Waals surface area contributed by atoms with Crippen LogP contribution in [0, 0.1) is 0 Å². The lowest BCUT2D eigenvalue weighted by molar-refractivity contribution is 0.0518. The maximum absolute atomic E-state index is 11.5. The molecule has 0 radical (unpaired) electrons. The minimum Gasteiger partial charge on any atom is -0.461 e. The maximum Gasteiger partial charge on any atom is 0.356 e. The molecule has 8 heteroatoms. The summed E-state index contributed by atoms with van der Waals surface area (Å²) in [7, 11) is 0. The van der Waals surface area contributed by atoms with E-state index in [1.54, 1.807) is 18.6 Å². The van der Waals surface area contributed by atoms with Gasteiger partial charge in [-0.3, -0.25) is 5.10 Å². The van der Waals surface area contributed by atoms with Crippen LogP contribution in [0.4, 0.5) is 5.13 Å².